The van der Waals surface area contributed by atoms with Crippen LogP contribution in [0.2, 0.25) is 5.02 Å². The quantitative estimate of drug-likeness (QED) is 0.500. The molecule has 0 bridgehead atoms. The number of carbonyl (C=O) groups is 1. The van der Waals surface area contributed by atoms with Crippen LogP contribution < -0.4 is 5.73 Å². The van der Waals surface area contributed by atoms with E-state index in [1.807, 2.05) is 0 Å². The highest BCUT2D eigenvalue weighted by atomic mass is 35.5. The number of rotatable bonds is 5. The molecule has 0 radical (unpaired) electrons. The van der Waals surface area contributed by atoms with E-state index in [-0.39, 0.29) is 23.7 Å². The van der Waals surface area contributed by atoms with Gasteiger partial charge >= 0.3 is 5.97 Å². The molecule has 0 amide bonds. The predicted molar refractivity (Wildman–Crippen MR) is 66.4 cm³/mol. The number of halogens is 1. The van der Waals surface area contributed by atoms with Crippen molar-refractivity contribution in [3.63, 3.8) is 0 Å². The van der Waals surface area contributed by atoms with Gasteiger partial charge in [0.15, 0.2) is 0 Å². The zero-order valence-electron chi connectivity index (χ0n) is 9.76. The van der Waals surface area contributed by atoms with Crippen LogP contribution in [0, 0.1) is 10.1 Å². The van der Waals surface area contributed by atoms with E-state index in [2.05, 4.69) is 0 Å². The van der Waals surface area contributed by atoms with E-state index in [1.165, 1.54) is 18.2 Å². The van der Waals surface area contributed by atoms with E-state index in [9.17, 15) is 14.9 Å². The van der Waals surface area contributed by atoms with Gasteiger partial charge in [-0.05, 0) is 18.9 Å². The van der Waals surface area contributed by atoms with Gasteiger partial charge in [-0.15, -0.1) is 0 Å². The van der Waals surface area contributed by atoms with Crippen molar-refractivity contribution in [2.24, 2.45) is 5.73 Å². The van der Waals surface area contributed by atoms with Crippen LogP contribution in [0.5, 0.6) is 0 Å². The summed E-state index contributed by atoms with van der Waals surface area (Å²) in [4.78, 5) is 21.3. The van der Waals surface area contributed by atoms with Gasteiger partial charge in [0.25, 0.3) is 5.69 Å². The molecule has 1 rings (SSSR count). The zero-order chi connectivity index (χ0) is 13.7. The lowest BCUT2D eigenvalue weighted by atomic mass is 10.1. The first kappa shape index (κ1) is 14.4. The highest BCUT2D eigenvalue weighted by molar-refractivity contribution is 6.31. The molecule has 0 heterocycles. The Kier molecular flexibility index (Phi) is 5.06. The van der Waals surface area contributed by atoms with Gasteiger partial charge in [-0.3, -0.25) is 14.9 Å². The van der Waals surface area contributed by atoms with Crippen LogP contribution in [0.25, 0.3) is 0 Å². The molecule has 6 nitrogen and oxygen atoms in total. The lowest BCUT2D eigenvalue weighted by Gasteiger charge is -2.11. The summed E-state index contributed by atoms with van der Waals surface area (Å²) in [6.07, 6.45) is 0.176. The molecule has 0 saturated carbocycles. The minimum atomic E-state index is -0.830. The second-order valence-electron chi connectivity index (χ2n) is 3.60. The van der Waals surface area contributed by atoms with Gasteiger partial charge in [0.05, 0.1) is 16.6 Å². The molecule has 1 aromatic carbocycles. The minimum absolute atomic E-state index is 0.103. The van der Waals surface area contributed by atoms with Crippen LogP contribution in [-0.2, 0) is 16.0 Å². The maximum Gasteiger partial charge on any atom is 0.323 e. The summed E-state index contributed by atoms with van der Waals surface area (Å²) in [5.41, 5.74) is 6.10. The number of hydrogen-bond acceptors (Lipinski definition) is 5. The molecule has 0 aromatic heterocycles. The number of non-ortho nitro benzene ring substituents is 1. The number of nitro groups is 1. The summed E-state index contributed by atoms with van der Waals surface area (Å²) in [5.74, 6) is -0.521. The van der Waals surface area contributed by atoms with Crippen molar-refractivity contribution in [3.05, 3.63) is 38.9 Å². The summed E-state index contributed by atoms with van der Waals surface area (Å²) in [6, 6.07) is 3.21. The fraction of sp³-hybridized carbons (Fsp3) is 0.364. The minimum Gasteiger partial charge on any atom is -0.465 e. The van der Waals surface area contributed by atoms with Crippen molar-refractivity contribution in [2.45, 2.75) is 19.4 Å². The number of benzene rings is 1. The smallest absolute Gasteiger partial charge is 0.323 e. The molecule has 0 aliphatic carbocycles. The first-order chi connectivity index (χ1) is 8.45. The Labute approximate surface area is 109 Å². The van der Waals surface area contributed by atoms with E-state index in [0.717, 1.165) is 0 Å². The molecule has 18 heavy (non-hydrogen) atoms. The van der Waals surface area contributed by atoms with E-state index in [4.69, 9.17) is 22.1 Å². The monoisotopic (exact) mass is 272 g/mol. The summed E-state index contributed by atoms with van der Waals surface area (Å²) in [6.45, 7) is 1.93. The van der Waals surface area contributed by atoms with Crippen LogP contribution in [0.15, 0.2) is 18.2 Å². The number of nitrogens with two attached hydrogens (primary N) is 1. The van der Waals surface area contributed by atoms with Crippen LogP contribution in [-0.4, -0.2) is 23.5 Å². The highest BCUT2D eigenvalue weighted by Gasteiger charge is 2.18. The van der Waals surface area contributed by atoms with Gasteiger partial charge in [0.1, 0.15) is 6.04 Å². The average molecular weight is 273 g/mol. The number of esters is 1. The van der Waals surface area contributed by atoms with Gasteiger partial charge in [-0.1, -0.05) is 17.7 Å². The summed E-state index contributed by atoms with van der Waals surface area (Å²) >= 11 is 5.89. The molecule has 0 saturated heterocycles. The molecule has 0 fully saturated rings. The van der Waals surface area contributed by atoms with Crippen molar-refractivity contribution in [1.82, 2.24) is 0 Å². The molecular formula is C11H13ClN2O4. The standard InChI is InChI=1S/C11H13ClN2O4/c1-2-18-11(15)10(13)5-7-3-4-8(14(16)17)6-9(7)12/h3-4,6,10H,2,5,13H2,1H3. The third kappa shape index (κ3) is 3.68. The molecule has 1 unspecified atom stereocenters. The average Bonchev–Trinajstić information content (AvgIpc) is 2.31. The first-order valence-electron chi connectivity index (χ1n) is 5.30. The fourth-order valence-electron chi connectivity index (χ4n) is 1.38. The van der Waals surface area contributed by atoms with Crippen LogP contribution in [0.4, 0.5) is 5.69 Å². The van der Waals surface area contributed by atoms with E-state index in [0.29, 0.717) is 5.56 Å². The lowest BCUT2D eigenvalue weighted by molar-refractivity contribution is -0.384. The molecule has 1 aromatic rings. The maximum atomic E-state index is 11.3. The maximum absolute atomic E-state index is 11.3. The van der Waals surface area contributed by atoms with Gasteiger partial charge in [-0.25, -0.2) is 0 Å². The summed E-state index contributed by atoms with van der Waals surface area (Å²) < 4.78 is 4.76. The third-order valence-electron chi connectivity index (χ3n) is 2.28. The number of hydrogen-bond donors (Lipinski definition) is 1. The zero-order valence-corrected chi connectivity index (χ0v) is 10.5. The van der Waals surface area contributed by atoms with Gasteiger partial charge in [-0.2, -0.15) is 0 Å². The van der Waals surface area contributed by atoms with Crippen LogP contribution in [0.1, 0.15) is 12.5 Å². The summed E-state index contributed by atoms with van der Waals surface area (Å²) in [5, 5.41) is 10.7. The molecule has 0 aliphatic rings. The van der Waals surface area contributed by atoms with Crippen molar-refractivity contribution >= 4 is 23.3 Å². The largest absolute Gasteiger partial charge is 0.465 e. The van der Waals surface area contributed by atoms with Crippen molar-refractivity contribution in [3.8, 4) is 0 Å². The normalized spacial score (nSPS) is 11.9. The Morgan fingerprint density at radius 3 is 2.78 bits per heavy atom. The molecular weight excluding hydrogens is 260 g/mol. The Bertz CT molecular complexity index is 464. The summed E-state index contributed by atoms with van der Waals surface area (Å²) in [7, 11) is 0. The first-order valence-corrected chi connectivity index (χ1v) is 5.68. The van der Waals surface area contributed by atoms with Crippen LogP contribution in [0.3, 0.4) is 0 Å². The topological polar surface area (TPSA) is 95.5 Å². The molecule has 98 valence electrons. The molecule has 2 N–H and O–H groups in total. The van der Waals surface area contributed by atoms with Gasteiger partial charge in [0.2, 0.25) is 0 Å². The Hall–Kier alpha value is -1.66. The number of nitro benzene ring substituents is 1. The van der Waals surface area contributed by atoms with E-state index < -0.39 is 16.9 Å². The molecule has 0 spiro atoms. The Balaban J connectivity index is 2.79. The van der Waals surface area contributed by atoms with E-state index >= 15 is 0 Å². The van der Waals surface area contributed by atoms with E-state index in [1.54, 1.807) is 6.92 Å². The van der Waals surface area contributed by atoms with Crippen molar-refractivity contribution in [2.75, 3.05) is 6.61 Å². The number of ether oxygens (including phenoxy) is 1. The highest BCUT2D eigenvalue weighted by Crippen LogP contribution is 2.23. The van der Waals surface area contributed by atoms with Gasteiger partial charge in [0, 0.05) is 12.1 Å². The molecule has 1 atom stereocenters. The fourth-order valence-corrected chi connectivity index (χ4v) is 1.64. The number of carbonyl (C=O) groups excluding carboxylic acids is 1. The Morgan fingerprint density at radius 1 is 1.61 bits per heavy atom. The Morgan fingerprint density at radius 2 is 2.28 bits per heavy atom. The second-order valence-corrected chi connectivity index (χ2v) is 4.00. The van der Waals surface area contributed by atoms with Crippen molar-refractivity contribution < 1.29 is 14.5 Å². The lowest BCUT2D eigenvalue weighted by Crippen LogP contribution is -2.34. The third-order valence-corrected chi connectivity index (χ3v) is 2.63. The molecule has 0 aliphatic heterocycles. The molecule has 7 heteroatoms. The van der Waals surface area contributed by atoms with Gasteiger partial charge < -0.3 is 10.5 Å². The predicted octanol–water partition coefficient (Wildman–Crippen LogP) is 1.68. The SMILES string of the molecule is CCOC(=O)C(N)Cc1ccc([N+](=O)[O-])cc1Cl. The number of nitrogens with zero attached hydrogens (tertiary/aromatic N) is 1. The van der Waals surface area contributed by atoms with Crippen LogP contribution >= 0.6 is 11.6 Å². The second kappa shape index (κ2) is 6.32. The van der Waals surface area contributed by atoms with Crippen molar-refractivity contribution in [1.29, 1.82) is 0 Å².